The lowest BCUT2D eigenvalue weighted by molar-refractivity contribution is -0.385. The average Bonchev–Trinajstić information content (AvgIpc) is 2.59. The molecule has 0 spiro atoms. The molecule has 0 bridgehead atoms. The van der Waals surface area contributed by atoms with E-state index in [0.717, 1.165) is 0 Å². The van der Waals surface area contributed by atoms with Crippen molar-refractivity contribution in [1.29, 1.82) is 0 Å². The summed E-state index contributed by atoms with van der Waals surface area (Å²) in [7, 11) is 0. The number of aromatic nitrogens is 2. The Morgan fingerprint density at radius 2 is 1.85 bits per heavy atom. The van der Waals surface area contributed by atoms with Crippen LogP contribution in [0.2, 0.25) is 0 Å². The maximum atomic E-state index is 12.2. The molecule has 1 aromatic carbocycles. The van der Waals surface area contributed by atoms with E-state index in [9.17, 15) is 14.9 Å². The number of benzene rings is 1. The molecule has 2 heterocycles. The number of rotatable bonds is 2. The van der Waals surface area contributed by atoms with Crippen LogP contribution in [0.25, 0.3) is 10.9 Å². The van der Waals surface area contributed by atoms with Crippen LogP contribution in [0.1, 0.15) is 26.3 Å². The van der Waals surface area contributed by atoms with Crippen LogP contribution in [0.5, 0.6) is 0 Å². The number of piperazine rings is 1. The summed E-state index contributed by atoms with van der Waals surface area (Å²) in [5, 5.41) is 11.9. The van der Waals surface area contributed by atoms with Crippen LogP contribution in [0.4, 0.5) is 16.3 Å². The second-order valence-corrected chi connectivity index (χ2v) is 7.56. The molecule has 0 unspecified atom stereocenters. The van der Waals surface area contributed by atoms with Crippen LogP contribution in [-0.2, 0) is 4.74 Å². The van der Waals surface area contributed by atoms with Crippen LogP contribution >= 0.6 is 0 Å². The molecule has 0 aliphatic carbocycles. The molecule has 1 aromatic heterocycles. The zero-order valence-electron chi connectivity index (χ0n) is 15.9. The summed E-state index contributed by atoms with van der Waals surface area (Å²) in [6.45, 7) is 9.32. The SMILES string of the molecule is Cc1cc2ncnc(N3CCN(C(=O)OC(C)(C)C)CC3)c2cc1[N+](=O)[O-]. The van der Waals surface area contributed by atoms with E-state index >= 15 is 0 Å². The molecule has 1 aliphatic heterocycles. The summed E-state index contributed by atoms with van der Waals surface area (Å²) in [6.07, 6.45) is 1.13. The number of amides is 1. The summed E-state index contributed by atoms with van der Waals surface area (Å²) in [5.74, 6) is 0.645. The van der Waals surface area contributed by atoms with Gasteiger partial charge in [-0.2, -0.15) is 0 Å². The lowest BCUT2D eigenvalue weighted by Crippen LogP contribution is -2.50. The molecule has 9 nitrogen and oxygen atoms in total. The van der Waals surface area contributed by atoms with Gasteiger partial charge in [0.1, 0.15) is 17.7 Å². The Morgan fingerprint density at radius 3 is 2.44 bits per heavy atom. The third kappa shape index (κ3) is 4.07. The predicted octanol–water partition coefficient (Wildman–Crippen LogP) is 2.90. The van der Waals surface area contributed by atoms with Gasteiger partial charge in [0.25, 0.3) is 5.69 Å². The molecule has 3 rings (SSSR count). The largest absolute Gasteiger partial charge is 0.444 e. The van der Waals surface area contributed by atoms with Crippen LogP contribution in [0, 0.1) is 17.0 Å². The number of nitro groups is 1. The van der Waals surface area contributed by atoms with Gasteiger partial charge in [-0.15, -0.1) is 0 Å². The van der Waals surface area contributed by atoms with E-state index < -0.39 is 10.5 Å². The molecule has 27 heavy (non-hydrogen) atoms. The second-order valence-electron chi connectivity index (χ2n) is 7.56. The Morgan fingerprint density at radius 1 is 1.19 bits per heavy atom. The molecule has 0 atom stereocenters. The lowest BCUT2D eigenvalue weighted by Gasteiger charge is -2.36. The number of hydrogen-bond acceptors (Lipinski definition) is 7. The number of aryl methyl sites for hydroxylation is 1. The minimum absolute atomic E-state index is 0.0472. The fraction of sp³-hybridized carbons (Fsp3) is 0.500. The Kier molecular flexibility index (Phi) is 4.86. The smallest absolute Gasteiger partial charge is 0.410 e. The first kappa shape index (κ1) is 18.8. The Labute approximate surface area is 157 Å². The predicted molar refractivity (Wildman–Crippen MR) is 101 cm³/mol. The molecule has 0 radical (unpaired) electrons. The normalized spacial score (nSPS) is 15.1. The monoisotopic (exact) mass is 373 g/mol. The van der Waals surface area contributed by atoms with Crippen molar-refractivity contribution < 1.29 is 14.5 Å². The number of carbonyl (C=O) groups is 1. The molecule has 1 saturated heterocycles. The zero-order valence-corrected chi connectivity index (χ0v) is 15.9. The number of nitrogens with zero attached hydrogens (tertiary/aromatic N) is 5. The van der Waals surface area contributed by atoms with Gasteiger partial charge in [0.2, 0.25) is 0 Å². The fourth-order valence-corrected chi connectivity index (χ4v) is 3.06. The first-order valence-electron chi connectivity index (χ1n) is 8.78. The van der Waals surface area contributed by atoms with E-state index in [1.807, 2.05) is 25.7 Å². The van der Waals surface area contributed by atoms with Crippen LogP contribution in [0.15, 0.2) is 18.5 Å². The van der Waals surface area contributed by atoms with Crippen molar-refractivity contribution >= 4 is 28.5 Å². The first-order valence-corrected chi connectivity index (χ1v) is 8.78. The van der Waals surface area contributed by atoms with Crippen molar-refractivity contribution in [2.75, 3.05) is 31.1 Å². The summed E-state index contributed by atoms with van der Waals surface area (Å²) < 4.78 is 5.41. The maximum absolute atomic E-state index is 12.2. The van der Waals surface area contributed by atoms with Gasteiger partial charge >= 0.3 is 6.09 Å². The van der Waals surface area contributed by atoms with Crippen molar-refractivity contribution in [3.8, 4) is 0 Å². The van der Waals surface area contributed by atoms with Gasteiger partial charge in [-0.3, -0.25) is 10.1 Å². The number of hydrogen-bond donors (Lipinski definition) is 0. The number of fused-ring (bicyclic) bond motifs is 1. The van der Waals surface area contributed by atoms with Crippen LogP contribution in [0.3, 0.4) is 0 Å². The highest BCUT2D eigenvalue weighted by Crippen LogP contribution is 2.30. The van der Waals surface area contributed by atoms with Crippen molar-refractivity contribution in [1.82, 2.24) is 14.9 Å². The number of nitro benzene ring substituents is 1. The molecule has 0 saturated carbocycles. The third-order valence-corrected chi connectivity index (χ3v) is 4.36. The van der Waals surface area contributed by atoms with E-state index in [4.69, 9.17) is 4.74 Å². The third-order valence-electron chi connectivity index (χ3n) is 4.36. The number of ether oxygens (including phenoxy) is 1. The Balaban J connectivity index is 1.82. The summed E-state index contributed by atoms with van der Waals surface area (Å²) in [6, 6.07) is 3.23. The summed E-state index contributed by atoms with van der Waals surface area (Å²) >= 11 is 0. The minimum atomic E-state index is -0.534. The maximum Gasteiger partial charge on any atom is 0.410 e. The number of carbonyl (C=O) groups excluding carboxylic acids is 1. The number of anilines is 1. The van der Waals surface area contributed by atoms with E-state index in [-0.39, 0.29) is 11.8 Å². The van der Waals surface area contributed by atoms with E-state index in [0.29, 0.717) is 48.5 Å². The molecule has 2 aromatic rings. The van der Waals surface area contributed by atoms with Crippen molar-refractivity contribution in [3.05, 3.63) is 34.1 Å². The quantitative estimate of drug-likeness (QED) is 0.589. The molecule has 0 N–H and O–H groups in total. The van der Waals surface area contributed by atoms with E-state index in [1.54, 1.807) is 17.9 Å². The lowest BCUT2D eigenvalue weighted by atomic mass is 10.1. The first-order chi connectivity index (χ1) is 12.7. The van der Waals surface area contributed by atoms with Crippen molar-refractivity contribution in [3.63, 3.8) is 0 Å². The van der Waals surface area contributed by atoms with Gasteiger partial charge in [-0.1, -0.05) is 0 Å². The van der Waals surface area contributed by atoms with Gasteiger partial charge in [-0.05, 0) is 33.8 Å². The summed E-state index contributed by atoms with van der Waals surface area (Å²) in [5.41, 5.74) is 0.740. The van der Waals surface area contributed by atoms with Crippen molar-refractivity contribution in [2.45, 2.75) is 33.3 Å². The van der Waals surface area contributed by atoms with E-state index in [2.05, 4.69) is 9.97 Å². The molecule has 1 fully saturated rings. The molecule has 144 valence electrons. The van der Waals surface area contributed by atoms with Gasteiger partial charge in [0.05, 0.1) is 10.4 Å². The molecular weight excluding hydrogens is 350 g/mol. The fourth-order valence-electron chi connectivity index (χ4n) is 3.06. The average molecular weight is 373 g/mol. The topological polar surface area (TPSA) is 102 Å². The molecule has 9 heteroatoms. The standard InChI is InChI=1S/C18H23N5O4/c1-12-9-14-13(10-15(12)23(25)26)16(20-11-19-14)21-5-7-22(8-6-21)17(24)27-18(2,3)4/h9-11H,5-8H2,1-4H3. The minimum Gasteiger partial charge on any atom is -0.444 e. The summed E-state index contributed by atoms with van der Waals surface area (Å²) in [4.78, 5) is 35.4. The highest BCUT2D eigenvalue weighted by molar-refractivity contribution is 5.92. The van der Waals surface area contributed by atoms with Crippen LogP contribution < -0.4 is 4.90 Å². The molecule has 1 aliphatic rings. The Hall–Kier alpha value is -2.97. The molecular formula is C18H23N5O4. The van der Waals surface area contributed by atoms with Crippen LogP contribution in [-0.4, -0.2) is 57.7 Å². The van der Waals surface area contributed by atoms with Crippen molar-refractivity contribution in [2.24, 2.45) is 0 Å². The highest BCUT2D eigenvalue weighted by atomic mass is 16.6. The Bertz CT molecular complexity index is 885. The molecule has 1 amide bonds. The zero-order chi connectivity index (χ0) is 19.8. The van der Waals surface area contributed by atoms with Gasteiger partial charge in [0, 0.05) is 43.2 Å². The van der Waals surface area contributed by atoms with Gasteiger partial charge in [0.15, 0.2) is 0 Å². The van der Waals surface area contributed by atoms with Gasteiger partial charge < -0.3 is 14.5 Å². The highest BCUT2D eigenvalue weighted by Gasteiger charge is 2.27. The van der Waals surface area contributed by atoms with Gasteiger partial charge in [-0.25, -0.2) is 14.8 Å². The van der Waals surface area contributed by atoms with E-state index in [1.165, 1.54) is 12.4 Å². The second kappa shape index (κ2) is 6.98.